The molecule has 2 aromatic carbocycles. The number of nitrogens with zero attached hydrogens (tertiary/aromatic N) is 2. The molecule has 2 aromatic rings. The van der Waals surface area contributed by atoms with Gasteiger partial charge in [-0.2, -0.15) is 5.10 Å². The van der Waals surface area contributed by atoms with Gasteiger partial charge in [0.15, 0.2) is 0 Å². The molecule has 0 aliphatic heterocycles. The van der Waals surface area contributed by atoms with Crippen molar-refractivity contribution in [2.45, 2.75) is 0 Å². The number of hydrogen-bond acceptors (Lipinski definition) is 5. The largest absolute Gasteiger partial charge is 0.507 e. The molecule has 0 aliphatic carbocycles. The fraction of sp³-hybridized carbons (Fsp3) is 0. The van der Waals surface area contributed by atoms with E-state index in [2.05, 4.69) is 10.5 Å². The van der Waals surface area contributed by atoms with Gasteiger partial charge in [0.2, 0.25) is 0 Å². The van der Waals surface area contributed by atoms with Crippen LogP contribution < -0.4 is 5.43 Å². The van der Waals surface area contributed by atoms with Crippen LogP contribution in [-0.2, 0) is 0 Å². The lowest BCUT2D eigenvalue weighted by molar-refractivity contribution is -0.385. The number of phenols is 1. The van der Waals surface area contributed by atoms with Crippen molar-refractivity contribution < 1.29 is 14.8 Å². The van der Waals surface area contributed by atoms with Gasteiger partial charge in [-0.3, -0.25) is 14.9 Å². The number of carbonyl (C=O) groups excluding carboxylic acids is 1. The van der Waals surface area contributed by atoms with E-state index >= 15 is 0 Å². The van der Waals surface area contributed by atoms with Crippen LogP contribution in [0.15, 0.2) is 53.6 Å². The Bertz CT molecular complexity index is 713. The van der Waals surface area contributed by atoms with Gasteiger partial charge in [-0.25, -0.2) is 5.43 Å². The number of hydrazone groups is 1. The standard InChI is InChI=1S/C14H11N3O4/c18-13-8-4-2-6-11(13)14(19)16-15-9-10-5-1-3-7-12(10)17(20)21/h1-9,18H,(H,16,19)/b15-9-. The number of nitro benzene ring substituents is 1. The number of amides is 1. The number of nitrogens with one attached hydrogen (secondary N) is 1. The normalized spacial score (nSPS) is 10.5. The van der Waals surface area contributed by atoms with Crippen LogP contribution >= 0.6 is 0 Å². The molecule has 0 saturated carbocycles. The van der Waals surface area contributed by atoms with E-state index in [4.69, 9.17) is 0 Å². The molecule has 0 aromatic heterocycles. The van der Waals surface area contributed by atoms with Gasteiger partial charge in [0.25, 0.3) is 11.6 Å². The third-order valence-corrected chi connectivity index (χ3v) is 2.65. The van der Waals surface area contributed by atoms with Crippen molar-refractivity contribution in [3.63, 3.8) is 0 Å². The SMILES string of the molecule is O=C(N/N=C\c1ccccc1[N+](=O)[O-])c1ccccc1O. The van der Waals surface area contributed by atoms with Crippen LogP contribution in [0.1, 0.15) is 15.9 Å². The second-order valence-electron chi connectivity index (χ2n) is 4.03. The first kappa shape index (κ1) is 14.2. The number of hydrogen-bond donors (Lipinski definition) is 2. The molecule has 106 valence electrons. The molecule has 7 heteroatoms. The predicted molar refractivity (Wildman–Crippen MR) is 76.3 cm³/mol. The van der Waals surface area contributed by atoms with Crippen LogP contribution in [0, 0.1) is 10.1 Å². The summed E-state index contributed by atoms with van der Waals surface area (Å²) in [6.07, 6.45) is 1.18. The number of para-hydroxylation sites is 2. The average Bonchev–Trinajstić information content (AvgIpc) is 2.48. The molecule has 1 amide bonds. The van der Waals surface area contributed by atoms with Crippen molar-refractivity contribution in [1.29, 1.82) is 0 Å². The van der Waals surface area contributed by atoms with Crippen molar-refractivity contribution in [2.24, 2.45) is 5.10 Å². The first-order chi connectivity index (χ1) is 10.1. The van der Waals surface area contributed by atoms with Crippen LogP contribution in [0.3, 0.4) is 0 Å². The Hall–Kier alpha value is -3.22. The van der Waals surface area contributed by atoms with Crippen LogP contribution in [-0.4, -0.2) is 22.2 Å². The summed E-state index contributed by atoms with van der Waals surface area (Å²) >= 11 is 0. The van der Waals surface area contributed by atoms with Crippen molar-refractivity contribution in [1.82, 2.24) is 5.43 Å². The summed E-state index contributed by atoms with van der Waals surface area (Å²) < 4.78 is 0. The number of rotatable bonds is 4. The molecule has 2 N–H and O–H groups in total. The van der Waals surface area contributed by atoms with Gasteiger partial charge in [0, 0.05) is 6.07 Å². The minimum atomic E-state index is -0.608. The van der Waals surface area contributed by atoms with E-state index in [-0.39, 0.29) is 22.6 Å². The molecule has 0 aliphatic rings. The Balaban J connectivity index is 2.12. The molecule has 0 saturated heterocycles. The lowest BCUT2D eigenvalue weighted by Crippen LogP contribution is -2.17. The first-order valence-electron chi connectivity index (χ1n) is 5.94. The maximum Gasteiger partial charge on any atom is 0.278 e. The molecular formula is C14H11N3O4. The molecule has 0 spiro atoms. The average molecular weight is 285 g/mol. The van der Waals surface area contributed by atoms with E-state index in [1.54, 1.807) is 18.2 Å². The van der Waals surface area contributed by atoms with Gasteiger partial charge < -0.3 is 5.11 Å². The van der Waals surface area contributed by atoms with Gasteiger partial charge in [-0.1, -0.05) is 24.3 Å². The first-order valence-corrected chi connectivity index (χ1v) is 5.94. The molecule has 0 unspecified atom stereocenters. The quantitative estimate of drug-likeness (QED) is 0.509. The molecule has 21 heavy (non-hydrogen) atoms. The lowest BCUT2D eigenvalue weighted by Gasteiger charge is -2.02. The van der Waals surface area contributed by atoms with Crippen molar-refractivity contribution in [3.05, 3.63) is 69.8 Å². The zero-order valence-electron chi connectivity index (χ0n) is 10.8. The number of benzene rings is 2. The van der Waals surface area contributed by atoms with Crippen LogP contribution in [0.2, 0.25) is 0 Å². The zero-order chi connectivity index (χ0) is 15.2. The van der Waals surface area contributed by atoms with E-state index < -0.39 is 10.8 Å². The molecule has 0 heterocycles. The number of nitro groups is 1. The van der Waals surface area contributed by atoms with Crippen molar-refractivity contribution in [2.75, 3.05) is 0 Å². The Morgan fingerprint density at radius 1 is 1.19 bits per heavy atom. The predicted octanol–water partition coefficient (Wildman–Crippen LogP) is 2.06. The highest BCUT2D eigenvalue weighted by atomic mass is 16.6. The van der Waals surface area contributed by atoms with E-state index in [1.165, 1.54) is 36.5 Å². The van der Waals surface area contributed by atoms with Crippen molar-refractivity contribution >= 4 is 17.8 Å². The van der Waals surface area contributed by atoms with E-state index in [0.717, 1.165) is 0 Å². The monoisotopic (exact) mass is 285 g/mol. The highest BCUT2D eigenvalue weighted by Crippen LogP contribution is 2.16. The van der Waals surface area contributed by atoms with Crippen molar-refractivity contribution in [3.8, 4) is 5.75 Å². The minimum Gasteiger partial charge on any atom is -0.507 e. The molecular weight excluding hydrogens is 274 g/mol. The Kier molecular flexibility index (Phi) is 4.25. The third-order valence-electron chi connectivity index (χ3n) is 2.65. The Labute approximate surface area is 119 Å². The molecule has 0 radical (unpaired) electrons. The fourth-order valence-electron chi connectivity index (χ4n) is 1.65. The molecule has 7 nitrogen and oxygen atoms in total. The summed E-state index contributed by atoms with van der Waals surface area (Å²) in [5, 5.41) is 24.0. The zero-order valence-corrected chi connectivity index (χ0v) is 10.8. The lowest BCUT2D eigenvalue weighted by atomic mass is 10.2. The maximum absolute atomic E-state index is 11.8. The second kappa shape index (κ2) is 6.29. The molecule has 0 fully saturated rings. The maximum atomic E-state index is 11.8. The van der Waals surface area contributed by atoms with Gasteiger partial charge >= 0.3 is 0 Å². The van der Waals surface area contributed by atoms with Gasteiger partial charge in [0.1, 0.15) is 5.75 Å². The fourth-order valence-corrected chi connectivity index (χ4v) is 1.65. The van der Waals surface area contributed by atoms with Crippen LogP contribution in [0.4, 0.5) is 5.69 Å². The van der Waals surface area contributed by atoms with Gasteiger partial charge in [-0.15, -0.1) is 0 Å². The molecule has 0 bridgehead atoms. The second-order valence-corrected chi connectivity index (χ2v) is 4.03. The number of carbonyl (C=O) groups is 1. The highest BCUT2D eigenvalue weighted by molar-refractivity contribution is 5.97. The smallest absolute Gasteiger partial charge is 0.278 e. The number of aromatic hydroxyl groups is 1. The minimum absolute atomic E-state index is 0.0669. The summed E-state index contributed by atoms with van der Waals surface area (Å²) in [7, 11) is 0. The Morgan fingerprint density at radius 2 is 1.86 bits per heavy atom. The highest BCUT2D eigenvalue weighted by Gasteiger charge is 2.11. The van der Waals surface area contributed by atoms with Gasteiger partial charge in [0.05, 0.1) is 22.3 Å². The summed E-state index contributed by atoms with van der Waals surface area (Å²) in [5.74, 6) is -0.779. The van der Waals surface area contributed by atoms with E-state index in [0.29, 0.717) is 0 Å². The molecule has 2 rings (SSSR count). The molecule has 0 atom stereocenters. The van der Waals surface area contributed by atoms with Crippen LogP contribution in [0.25, 0.3) is 0 Å². The third kappa shape index (κ3) is 3.41. The summed E-state index contributed by atoms with van der Waals surface area (Å²) in [6.45, 7) is 0. The van der Waals surface area contributed by atoms with E-state index in [1.807, 2.05) is 0 Å². The Morgan fingerprint density at radius 3 is 2.57 bits per heavy atom. The number of phenolic OH excluding ortho intramolecular Hbond substituents is 1. The topological polar surface area (TPSA) is 105 Å². The summed E-state index contributed by atoms with van der Waals surface area (Å²) in [5.41, 5.74) is 2.42. The summed E-state index contributed by atoms with van der Waals surface area (Å²) in [6, 6.07) is 12.0. The summed E-state index contributed by atoms with van der Waals surface area (Å²) in [4.78, 5) is 22.0. The van der Waals surface area contributed by atoms with Crippen LogP contribution in [0.5, 0.6) is 5.75 Å². The van der Waals surface area contributed by atoms with E-state index in [9.17, 15) is 20.0 Å². The van der Waals surface area contributed by atoms with Gasteiger partial charge in [-0.05, 0) is 18.2 Å².